The smallest absolute Gasteiger partial charge is 0.170 e. The predicted octanol–water partition coefficient (Wildman–Crippen LogP) is 6.76. The van der Waals surface area contributed by atoms with Crippen LogP contribution >= 0.6 is 23.8 Å². The van der Waals surface area contributed by atoms with Gasteiger partial charge in [-0.15, -0.1) is 0 Å². The molecule has 1 saturated carbocycles. The topological polar surface area (TPSA) is 33.1 Å². The summed E-state index contributed by atoms with van der Waals surface area (Å²) in [7, 11) is 0. The van der Waals surface area contributed by atoms with Crippen molar-refractivity contribution < 1.29 is 0 Å². The van der Waals surface area contributed by atoms with Crippen LogP contribution < -0.4 is 5.32 Å². The van der Waals surface area contributed by atoms with E-state index in [4.69, 9.17) is 28.8 Å². The highest BCUT2D eigenvalue weighted by atomic mass is 35.5. The first kappa shape index (κ1) is 22.4. The lowest BCUT2D eigenvalue weighted by Gasteiger charge is -2.37. The Morgan fingerprint density at radius 1 is 1.03 bits per heavy atom. The van der Waals surface area contributed by atoms with Gasteiger partial charge in [0.15, 0.2) is 5.11 Å². The van der Waals surface area contributed by atoms with E-state index in [2.05, 4.69) is 65.9 Å². The molecule has 5 rings (SSSR count). The molecular formula is C27H31ClN4S. The molecular weight excluding hydrogens is 448 g/mol. The van der Waals surface area contributed by atoms with Crippen molar-refractivity contribution in [1.29, 1.82) is 0 Å². The first-order valence-corrected chi connectivity index (χ1v) is 12.7. The Labute approximate surface area is 207 Å². The monoisotopic (exact) mass is 478 g/mol. The van der Waals surface area contributed by atoms with Crippen molar-refractivity contribution in [2.75, 3.05) is 0 Å². The highest BCUT2D eigenvalue weighted by molar-refractivity contribution is 7.80. The minimum atomic E-state index is 0.0232. The molecule has 2 atom stereocenters. The second-order valence-electron chi connectivity index (χ2n) is 9.42. The lowest BCUT2D eigenvalue weighted by atomic mass is 9.90. The van der Waals surface area contributed by atoms with Gasteiger partial charge in [-0.3, -0.25) is 4.98 Å². The number of aryl methyl sites for hydroxylation is 2. The van der Waals surface area contributed by atoms with E-state index in [9.17, 15) is 0 Å². The summed E-state index contributed by atoms with van der Waals surface area (Å²) < 4.78 is 2.34. The van der Waals surface area contributed by atoms with Crippen LogP contribution in [0.5, 0.6) is 0 Å². The number of nitrogens with zero attached hydrogens (tertiary/aromatic N) is 3. The summed E-state index contributed by atoms with van der Waals surface area (Å²) >= 11 is 12.3. The molecule has 2 aliphatic rings. The molecule has 0 amide bonds. The molecule has 2 fully saturated rings. The molecule has 0 spiro atoms. The molecule has 0 unspecified atom stereocenters. The highest BCUT2D eigenvalue weighted by Crippen LogP contribution is 2.44. The van der Waals surface area contributed by atoms with Gasteiger partial charge in [-0.25, -0.2) is 0 Å². The van der Waals surface area contributed by atoms with E-state index in [-0.39, 0.29) is 12.1 Å². The van der Waals surface area contributed by atoms with Crippen molar-refractivity contribution in [3.63, 3.8) is 0 Å². The van der Waals surface area contributed by atoms with E-state index in [1.165, 1.54) is 54.6 Å². The summed E-state index contributed by atoms with van der Waals surface area (Å²) in [5, 5.41) is 5.25. The highest BCUT2D eigenvalue weighted by Gasteiger charge is 2.44. The van der Waals surface area contributed by atoms with Crippen LogP contribution in [-0.2, 0) is 0 Å². The zero-order valence-corrected chi connectivity index (χ0v) is 21.1. The van der Waals surface area contributed by atoms with Crippen molar-refractivity contribution in [1.82, 2.24) is 19.8 Å². The van der Waals surface area contributed by atoms with E-state index in [1.807, 2.05) is 18.3 Å². The molecule has 0 radical (unpaired) electrons. The van der Waals surface area contributed by atoms with Crippen LogP contribution in [0.3, 0.4) is 0 Å². The second kappa shape index (κ2) is 9.11. The number of hydrogen-bond donors (Lipinski definition) is 1. The van der Waals surface area contributed by atoms with Crippen LogP contribution in [0.4, 0.5) is 0 Å². The van der Waals surface area contributed by atoms with E-state index >= 15 is 0 Å². The lowest BCUT2D eigenvalue weighted by Crippen LogP contribution is -2.40. The molecule has 3 aromatic rings. The van der Waals surface area contributed by atoms with Gasteiger partial charge in [0.2, 0.25) is 0 Å². The Morgan fingerprint density at radius 3 is 2.55 bits per heavy atom. The van der Waals surface area contributed by atoms with Gasteiger partial charge in [-0.2, -0.15) is 0 Å². The average Bonchev–Trinajstić information content (AvgIpc) is 3.32. The third-order valence-corrected chi connectivity index (χ3v) is 7.87. The van der Waals surface area contributed by atoms with Crippen LogP contribution in [0.2, 0.25) is 5.02 Å². The fourth-order valence-electron chi connectivity index (χ4n) is 5.73. The van der Waals surface area contributed by atoms with Gasteiger partial charge in [-0.1, -0.05) is 43.0 Å². The van der Waals surface area contributed by atoms with Crippen LogP contribution in [-0.4, -0.2) is 25.6 Å². The van der Waals surface area contributed by atoms with Crippen molar-refractivity contribution >= 4 is 28.9 Å². The third kappa shape index (κ3) is 4.06. The van der Waals surface area contributed by atoms with E-state index in [1.54, 1.807) is 0 Å². The molecule has 1 aliphatic carbocycles. The lowest BCUT2D eigenvalue weighted by molar-refractivity contribution is 0.197. The first-order valence-electron chi connectivity index (χ1n) is 11.9. The van der Waals surface area contributed by atoms with E-state index < -0.39 is 0 Å². The van der Waals surface area contributed by atoms with Crippen LogP contribution in [0.1, 0.15) is 72.4 Å². The summed E-state index contributed by atoms with van der Waals surface area (Å²) in [6.45, 7) is 6.54. The number of hydrogen-bond acceptors (Lipinski definition) is 2. The molecule has 1 saturated heterocycles. The van der Waals surface area contributed by atoms with Crippen LogP contribution in [0.25, 0.3) is 5.69 Å². The Hall–Kier alpha value is -2.37. The number of halogens is 1. The molecule has 1 N–H and O–H groups in total. The molecule has 1 aliphatic heterocycles. The van der Waals surface area contributed by atoms with Crippen molar-refractivity contribution in [3.05, 3.63) is 81.9 Å². The Morgan fingerprint density at radius 2 is 1.82 bits per heavy atom. The van der Waals surface area contributed by atoms with Gasteiger partial charge in [0.05, 0.1) is 17.8 Å². The number of benzene rings is 1. The first-order chi connectivity index (χ1) is 16.0. The minimum absolute atomic E-state index is 0.0232. The molecule has 172 valence electrons. The number of rotatable bonds is 4. The summed E-state index contributed by atoms with van der Waals surface area (Å²) in [5.74, 6) is 0. The van der Waals surface area contributed by atoms with Crippen molar-refractivity contribution in [2.45, 2.75) is 71.0 Å². The fourth-order valence-corrected chi connectivity index (χ4v) is 6.29. The Balaban J connectivity index is 1.65. The minimum Gasteiger partial charge on any atom is -0.352 e. The van der Waals surface area contributed by atoms with E-state index in [0.29, 0.717) is 6.04 Å². The molecule has 2 aromatic heterocycles. The predicted molar refractivity (Wildman–Crippen MR) is 139 cm³/mol. The molecule has 1 aromatic carbocycles. The van der Waals surface area contributed by atoms with E-state index in [0.717, 1.165) is 21.5 Å². The number of thiocarbonyl (C=S) groups is 1. The maximum atomic E-state index is 6.40. The molecule has 0 bridgehead atoms. The van der Waals surface area contributed by atoms with Gasteiger partial charge in [0.1, 0.15) is 0 Å². The zero-order chi connectivity index (χ0) is 23.1. The number of nitrogens with one attached hydrogen (secondary N) is 1. The molecule has 3 heterocycles. The molecule has 33 heavy (non-hydrogen) atoms. The SMILES string of the molecule is Cc1ccc(Cl)cc1-n1c(C)cc([C@H]2[C@H](c3ccccn3)NC(=S)N2C2CCCCC2)c1C. The zero-order valence-electron chi connectivity index (χ0n) is 19.5. The summed E-state index contributed by atoms with van der Waals surface area (Å²) in [6, 6.07) is 15.2. The third-order valence-electron chi connectivity index (χ3n) is 7.30. The summed E-state index contributed by atoms with van der Waals surface area (Å²) in [4.78, 5) is 7.21. The van der Waals surface area contributed by atoms with Gasteiger partial charge >= 0.3 is 0 Å². The van der Waals surface area contributed by atoms with Crippen molar-refractivity contribution in [3.8, 4) is 5.69 Å². The van der Waals surface area contributed by atoms with Crippen LogP contribution in [0, 0.1) is 20.8 Å². The summed E-state index contributed by atoms with van der Waals surface area (Å²) in [5.41, 5.74) is 7.12. The maximum Gasteiger partial charge on any atom is 0.170 e. The van der Waals surface area contributed by atoms with Gasteiger partial charge in [0, 0.05) is 34.3 Å². The normalized spacial score (nSPS) is 21.5. The Kier molecular flexibility index (Phi) is 6.19. The standard InChI is InChI=1S/C27H31ClN4S/c1-17-12-13-20(28)16-24(17)31-18(2)15-22(19(31)3)26-25(23-11-7-8-14-29-23)30-27(33)32(26)21-9-5-4-6-10-21/h7-8,11-16,21,25-26H,4-6,9-10H2,1-3H3,(H,30,33)/t25-,26-/m0/s1. The molecule has 4 nitrogen and oxygen atoms in total. The maximum absolute atomic E-state index is 6.40. The average molecular weight is 479 g/mol. The molecule has 6 heteroatoms. The van der Waals surface area contributed by atoms with Gasteiger partial charge in [0.25, 0.3) is 0 Å². The quantitative estimate of drug-likeness (QED) is 0.420. The second-order valence-corrected chi connectivity index (χ2v) is 10.2. The van der Waals surface area contributed by atoms with Gasteiger partial charge < -0.3 is 14.8 Å². The van der Waals surface area contributed by atoms with Crippen molar-refractivity contribution in [2.24, 2.45) is 0 Å². The number of aromatic nitrogens is 2. The number of pyridine rings is 1. The fraction of sp³-hybridized carbons (Fsp3) is 0.407. The van der Waals surface area contributed by atoms with Crippen LogP contribution in [0.15, 0.2) is 48.7 Å². The summed E-state index contributed by atoms with van der Waals surface area (Å²) in [6.07, 6.45) is 8.12. The largest absolute Gasteiger partial charge is 0.352 e. The Bertz CT molecular complexity index is 1170. The van der Waals surface area contributed by atoms with Gasteiger partial charge in [-0.05, 0) is 87.3 Å².